The lowest BCUT2D eigenvalue weighted by Gasteiger charge is -2.27. The van der Waals surface area contributed by atoms with E-state index in [2.05, 4.69) is 13.5 Å². The van der Waals surface area contributed by atoms with E-state index in [1.165, 1.54) is 19.3 Å². The van der Waals surface area contributed by atoms with Crippen LogP contribution in [0.3, 0.4) is 0 Å². The van der Waals surface area contributed by atoms with Crippen LogP contribution in [0.5, 0.6) is 5.75 Å². The average Bonchev–Trinajstić information content (AvgIpc) is 2.93. The standard InChI is InChI=1S/C23H32O5/c1-5-6-7-8-9-10-11-20-23(3,17(2)21(24)28-20)22(25)27-16-18-12-14-19(26-4)15-13-18/h12-15,20H,2,5-11,16H2,1,3-4H3/t20-,23-/m0/s1. The maximum absolute atomic E-state index is 12.9. The second kappa shape index (κ2) is 10.3. The predicted molar refractivity (Wildman–Crippen MR) is 108 cm³/mol. The van der Waals surface area contributed by atoms with Crippen LogP contribution in [0.4, 0.5) is 0 Å². The Hall–Kier alpha value is -2.30. The zero-order chi connectivity index (χ0) is 20.6. The minimum Gasteiger partial charge on any atom is -0.497 e. The Balaban J connectivity index is 1.94. The molecule has 1 aliphatic heterocycles. The van der Waals surface area contributed by atoms with Gasteiger partial charge in [-0.1, -0.05) is 57.7 Å². The molecule has 0 aromatic heterocycles. The third kappa shape index (κ3) is 5.15. The van der Waals surface area contributed by atoms with Crippen molar-refractivity contribution in [3.8, 4) is 5.75 Å². The van der Waals surface area contributed by atoms with E-state index in [4.69, 9.17) is 14.2 Å². The zero-order valence-corrected chi connectivity index (χ0v) is 17.3. The molecular formula is C23H32O5. The Kier molecular flexibility index (Phi) is 8.09. The fourth-order valence-corrected chi connectivity index (χ4v) is 3.46. The molecule has 154 valence electrons. The zero-order valence-electron chi connectivity index (χ0n) is 17.3. The Morgan fingerprint density at radius 3 is 2.43 bits per heavy atom. The monoisotopic (exact) mass is 388 g/mol. The molecule has 2 rings (SSSR count). The molecule has 5 heteroatoms. The van der Waals surface area contributed by atoms with Gasteiger partial charge in [-0.15, -0.1) is 0 Å². The number of unbranched alkanes of at least 4 members (excludes halogenated alkanes) is 5. The smallest absolute Gasteiger partial charge is 0.335 e. The van der Waals surface area contributed by atoms with Crippen molar-refractivity contribution >= 4 is 11.9 Å². The number of esters is 2. The molecule has 0 unspecified atom stereocenters. The van der Waals surface area contributed by atoms with E-state index in [-0.39, 0.29) is 12.2 Å². The highest BCUT2D eigenvalue weighted by Crippen LogP contribution is 2.42. The van der Waals surface area contributed by atoms with Gasteiger partial charge in [0.1, 0.15) is 23.9 Å². The Bertz CT molecular complexity index is 679. The molecule has 1 aliphatic rings. The van der Waals surface area contributed by atoms with E-state index in [1.807, 2.05) is 24.3 Å². The molecule has 1 aromatic rings. The first-order valence-electron chi connectivity index (χ1n) is 10.1. The molecule has 1 heterocycles. The molecule has 2 atom stereocenters. The number of hydrogen-bond acceptors (Lipinski definition) is 5. The molecular weight excluding hydrogens is 356 g/mol. The number of methoxy groups -OCH3 is 1. The number of carbonyl (C=O) groups is 2. The van der Waals surface area contributed by atoms with Crippen LogP contribution in [0.15, 0.2) is 36.4 Å². The van der Waals surface area contributed by atoms with Crippen molar-refractivity contribution in [3.63, 3.8) is 0 Å². The minimum absolute atomic E-state index is 0.129. The summed E-state index contributed by atoms with van der Waals surface area (Å²) in [5, 5.41) is 0. The van der Waals surface area contributed by atoms with Crippen molar-refractivity contribution in [2.24, 2.45) is 5.41 Å². The summed E-state index contributed by atoms with van der Waals surface area (Å²) in [6, 6.07) is 7.31. The molecule has 0 saturated carbocycles. The highest BCUT2D eigenvalue weighted by molar-refractivity contribution is 6.00. The summed E-state index contributed by atoms with van der Waals surface area (Å²) < 4.78 is 16.1. The lowest BCUT2D eigenvalue weighted by atomic mass is 9.78. The molecule has 0 radical (unpaired) electrons. The van der Waals surface area contributed by atoms with Crippen LogP contribution in [-0.2, 0) is 25.7 Å². The first-order chi connectivity index (χ1) is 13.4. The molecule has 28 heavy (non-hydrogen) atoms. The number of rotatable bonds is 11. The van der Waals surface area contributed by atoms with Gasteiger partial charge in [-0.05, 0) is 37.5 Å². The fraction of sp³-hybridized carbons (Fsp3) is 0.565. The van der Waals surface area contributed by atoms with Gasteiger partial charge < -0.3 is 14.2 Å². The van der Waals surface area contributed by atoms with Crippen LogP contribution in [0.2, 0.25) is 0 Å². The van der Waals surface area contributed by atoms with Gasteiger partial charge in [0.05, 0.1) is 12.7 Å². The maximum Gasteiger partial charge on any atom is 0.335 e. The molecule has 0 spiro atoms. The molecule has 0 aliphatic carbocycles. The Labute approximate surface area is 168 Å². The summed E-state index contributed by atoms with van der Waals surface area (Å²) >= 11 is 0. The van der Waals surface area contributed by atoms with Crippen LogP contribution < -0.4 is 4.74 Å². The van der Waals surface area contributed by atoms with Crippen molar-refractivity contribution < 1.29 is 23.8 Å². The highest BCUT2D eigenvalue weighted by Gasteiger charge is 2.55. The van der Waals surface area contributed by atoms with Crippen molar-refractivity contribution in [2.75, 3.05) is 7.11 Å². The van der Waals surface area contributed by atoms with Crippen LogP contribution in [0, 0.1) is 5.41 Å². The summed E-state index contributed by atoms with van der Waals surface area (Å²) in [6.45, 7) is 7.84. The molecule has 0 amide bonds. The minimum atomic E-state index is -1.13. The van der Waals surface area contributed by atoms with Crippen molar-refractivity contribution in [2.45, 2.75) is 71.5 Å². The van der Waals surface area contributed by atoms with E-state index in [9.17, 15) is 9.59 Å². The Morgan fingerprint density at radius 1 is 1.14 bits per heavy atom. The SMILES string of the molecule is C=C1C(=O)O[C@@H](CCCCCCCC)[C@@]1(C)C(=O)OCc1ccc(OC)cc1. The van der Waals surface area contributed by atoms with E-state index in [1.54, 1.807) is 14.0 Å². The van der Waals surface area contributed by atoms with Gasteiger partial charge >= 0.3 is 11.9 Å². The van der Waals surface area contributed by atoms with Gasteiger partial charge in [0.15, 0.2) is 0 Å². The van der Waals surface area contributed by atoms with E-state index in [0.717, 1.165) is 30.6 Å². The molecule has 5 nitrogen and oxygen atoms in total. The lowest BCUT2D eigenvalue weighted by Crippen LogP contribution is -2.38. The highest BCUT2D eigenvalue weighted by atomic mass is 16.6. The number of carbonyl (C=O) groups excluding carboxylic acids is 2. The van der Waals surface area contributed by atoms with Gasteiger partial charge in [-0.3, -0.25) is 4.79 Å². The van der Waals surface area contributed by atoms with Crippen molar-refractivity contribution in [1.82, 2.24) is 0 Å². The number of hydrogen-bond donors (Lipinski definition) is 0. The van der Waals surface area contributed by atoms with Gasteiger partial charge in [0.25, 0.3) is 0 Å². The van der Waals surface area contributed by atoms with Gasteiger partial charge in [-0.2, -0.15) is 0 Å². The van der Waals surface area contributed by atoms with Gasteiger partial charge in [0, 0.05) is 0 Å². The molecule has 1 aromatic carbocycles. The van der Waals surface area contributed by atoms with Crippen LogP contribution in [0.25, 0.3) is 0 Å². The van der Waals surface area contributed by atoms with Crippen LogP contribution in [0.1, 0.15) is 64.4 Å². The predicted octanol–water partition coefficient (Wildman–Crippen LogP) is 4.98. The average molecular weight is 389 g/mol. The second-order valence-corrected chi connectivity index (χ2v) is 7.56. The van der Waals surface area contributed by atoms with Crippen molar-refractivity contribution in [1.29, 1.82) is 0 Å². The maximum atomic E-state index is 12.9. The number of ether oxygens (including phenoxy) is 3. The number of cyclic esters (lactones) is 1. The molecule has 1 saturated heterocycles. The normalized spacial score (nSPS) is 21.5. The number of benzene rings is 1. The summed E-state index contributed by atoms with van der Waals surface area (Å²) in [4.78, 5) is 24.9. The van der Waals surface area contributed by atoms with Crippen LogP contribution >= 0.6 is 0 Å². The first kappa shape index (κ1) is 22.0. The summed E-state index contributed by atoms with van der Waals surface area (Å²) in [5.74, 6) is -0.223. The summed E-state index contributed by atoms with van der Waals surface area (Å²) in [6.07, 6.45) is 6.94. The van der Waals surface area contributed by atoms with Gasteiger partial charge in [-0.25, -0.2) is 4.79 Å². The fourth-order valence-electron chi connectivity index (χ4n) is 3.46. The van der Waals surface area contributed by atoms with Gasteiger partial charge in [0.2, 0.25) is 0 Å². The second-order valence-electron chi connectivity index (χ2n) is 7.56. The van der Waals surface area contributed by atoms with E-state index in [0.29, 0.717) is 6.42 Å². The Morgan fingerprint density at radius 2 is 1.79 bits per heavy atom. The molecule has 1 fully saturated rings. The van der Waals surface area contributed by atoms with E-state index >= 15 is 0 Å². The quantitative estimate of drug-likeness (QED) is 0.304. The summed E-state index contributed by atoms with van der Waals surface area (Å²) in [7, 11) is 1.60. The summed E-state index contributed by atoms with van der Waals surface area (Å²) in [5.41, 5.74) is -0.100. The third-order valence-corrected chi connectivity index (χ3v) is 5.54. The molecule has 0 N–H and O–H groups in total. The first-order valence-corrected chi connectivity index (χ1v) is 10.1. The van der Waals surface area contributed by atoms with Crippen molar-refractivity contribution in [3.05, 3.63) is 42.0 Å². The largest absolute Gasteiger partial charge is 0.497 e. The van der Waals surface area contributed by atoms with Crippen LogP contribution in [-0.4, -0.2) is 25.2 Å². The topological polar surface area (TPSA) is 61.8 Å². The molecule has 0 bridgehead atoms. The lowest BCUT2D eigenvalue weighted by molar-refractivity contribution is -0.158. The third-order valence-electron chi connectivity index (χ3n) is 5.54. The van der Waals surface area contributed by atoms with E-state index < -0.39 is 23.5 Å².